The van der Waals surface area contributed by atoms with Gasteiger partial charge in [0.1, 0.15) is 0 Å². The Hall–Kier alpha value is -1.58. The molecule has 0 aromatic carbocycles. The lowest BCUT2D eigenvalue weighted by Crippen LogP contribution is -2.16. The van der Waals surface area contributed by atoms with Crippen LogP contribution in [-0.4, -0.2) is 16.5 Å². The monoisotopic (exact) mass is 219 g/mol. The fourth-order valence-corrected chi connectivity index (χ4v) is 1.95. The third-order valence-electron chi connectivity index (χ3n) is 2.83. The average Bonchev–Trinajstić information content (AvgIpc) is 2.33. The maximum Gasteiger partial charge on any atom is 0.290 e. The van der Waals surface area contributed by atoms with Crippen LogP contribution in [0.15, 0.2) is 28.8 Å². The van der Waals surface area contributed by atoms with E-state index >= 15 is 0 Å². The maximum absolute atomic E-state index is 11.3. The molecule has 0 radical (unpaired) electrons. The van der Waals surface area contributed by atoms with E-state index in [-0.39, 0.29) is 5.56 Å². The molecule has 0 bridgehead atoms. The summed E-state index contributed by atoms with van der Waals surface area (Å²) in [4.78, 5) is 17.9. The first-order valence-electron chi connectivity index (χ1n) is 5.82. The van der Waals surface area contributed by atoms with Gasteiger partial charge in [-0.2, -0.15) is 0 Å². The first kappa shape index (κ1) is 10.9. The predicted molar refractivity (Wildman–Crippen MR) is 64.5 cm³/mol. The van der Waals surface area contributed by atoms with Crippen LogP contribution in [0.4, 0.5) is 5.82 Å². The van der Waals surface area contributed by atoms with Crippen LogP contribution in [0.25, 0.3) is 0 Å². The Morgan fingerprint density at radius 1 is 1.44 bits per heavy atom. The highest BCUT2D eigenvalue weighted by Crippen LogP contribution is 2.19. The summed E-state index contributed by atoms with van der Waals surface area (Å²) >= 11 is 0. The third kappa shape index (κ3) is 2.95. The van der Waals surface area contributed by atoms with Gasteiger partial charge in [0.25, 0.3) is 5.56 Å². The number of allylic oxidation sites excluding steroid dienone is 1. The number of hydrogen-bond acceptors (Lipinski definition) is 3. The lowest BCUT2D eigenvalue weighted by atomic mass is 9.97. The van der Waals surface area contributed by atoms with E-state index in [1.165, 1.54) is 37.5 Å². The van der Waals surface area contributed by atoms with E-state index < -0.39 is 0 Å². The molecule has 1 aliphatic rings. The van der Waals surface area contributed by atoms with Crippen molar-refractivity contribution in [1.82, 2.24) is 9.97 Å². The highest BCUT2D eigenvalue weighted by molar-refractivity contribution is 5.30. The molecule has 0 saturated carbocycles. The average molecular weight is 219 g/mol. The molecule has 0 aliphatic heterocycles. The van der Waals surface area contributed by atoms with Crippen molar-refractivity contribution in [3.05, 3.63) is 34.4 Å². The number of nitrogens with one attached hydrogen (secondary N) is 2. The smallest absolute Gasteiger partial charge is 0.290 e. The van der Waals surface area contributed by atoms with Crippen LogP contribution in [0.3, 0.4) is 0 Å². The second kappa shape index (κ2) is 5.49. The van der Waals surface area contributed by atoms with E-state index in [1.54, 1.807) is 6.20 Å². The molecule has 1 aromatic rings. The minimum Gasteiger partial charge on any atom is -0.365 e. The van der Waals surface area contributed by atoms with Crippen LogP contribution in [-0.2, 0) is 0 Å². The molecule has 0 atom stereocenters. The summed E-state index contributed by atoms with van der Waals surface area (Å²) in [6.45, 7) is 0.784. The summed E-state index contributed by atoms with van der Waals surface area (Å²) in [5.74, 6) is 0.416. The molecular formula is C12H17N3O. The zero-order valence-electron chi connectivity index (χ0n) is 9.33. The summed E-state index contributed by atoms with van der Waals surface area (Å²) < 4.78 is 0. The highest BCUT2D eigenvalue weighted by atomic mass is 16.1. The molecule has 0 amide bonds. The van der Waals surface area contributed by atoms with Gasteiger partial charge < -0.3 is 10.3 Å². The quantitative estimate of drug-likeness (QED) is 0.762. The highest BCUT2D eigenvalue weighted by Gasteiger charge is 2.04. The van der Waals surface area contributed by atoms with Gasteiger partial charge in [0.05, 0.1) is 0 Å². The largest absolute Gasteiger partial charge is 0.365 e. The van der Waals surface area contributed by atoms with Gasteiger partial charge in [-0.05, 0) is 32.1 Å². The number of H-pyrrole nitrogens is 1. The van der Waals surface area contributed by atoms with Crippen LogP contribution in [0.2, 0.25) is 0 Å². The van der Waals surface area contributed by atoms with Crippen LogP contribution in [0, 0.1) is 0 Å². The summed E-state index contributed by atoms with van der Waals surface area (Å²) in [5.41, 5.74) is 1.35. The third-order valence-corrected chi connectivity index (χ3v) is 2.83. The second-order valence-electron chi connectivity index (χ2n) is 4.05. The van der Waals surface area contributed by atoms with E-state index in [9.17, 15) is 4.79 Å². The van der Waals surface area contributed by atoms with Gasteiger partial charge in [-0.3, -0.25) is 4.79 Å². The predicted octanol–water partition coefficient (Wildman–Crippen LogP) is 2.07. The van der Waals surface area contributed by atoms with E-state index in [0.717, 1.165) is 13.0 Å². The number of hydrogen-bond donors (Lipinski definition) is 2. The van der Waals surface area contributed by atoms with Crippen molar-refractivity contribution in [3.63, 3.8) is 0 Å². The number of aromatic amines is 1. The first-order chi connectivity index (χ1) is 7.86. The van der Waals surface area contributed by atoms with Crippen LogP contribution in [0.1, 0.15) is 32.1 Å². The van der Waals surface area contributed by atoms with Crippen LogP contribution < -0.4 is 10.9 Å². The van der Waals surface area contributed by atoms with Crippen molar-refractivity contribution in [2.45, 2.75) is 32.1 Å². The van der Waals surface area contributed by atoms with E-state index in [4.69, 9.17) is 0 Å². The summed E-state index contributed by atoms with van der Waals surface area (Å²) in [7, 11) is 0. The minimum absolute atomic E-state index is 0.153. The molecule has 2 N–H and O–H groups in total. The Kier molecular flexibility index (Phi) is 3.75. The summed E-state index contributed by atoms with van der Waals surface area (Å²) in [5, 5.41) is 3.06. The Balaban J connectivity index is 1.82. The lowest BCUT2D eigenvalue weighted by Gasteiger charge is -2.12. The zero-order valence-corrected chi connectivity index (χ0v) is 9.33. The van der Waals surface area contributed by atoms with Gasteiger partial charge >= 0.3 is 0 Å². The summed E-state index contributed by atoms with van der Waals surface area (Å²) in [6, 6.07) is 0. The first-order valence-corrected chi connectivity index (χ1v) is 5.82. The van der Waals surface area contributed by atoms with E-state index in [0.29, 0.717) is 5.82 Å². The van der Waals surface area contributed by atoms with Crippen molar-refractivity contribution in [2.75, 3.05) is 11.9 Å². The minimum atomic E-state index is -0.153. The van der Waals surface area contributed by atoms with Crippen molar-refractivity contribution in [2.24, 2.45) is 0 Å². The number of aromatic nitrogens is 2. The van der Waals surface area contributed by atoms with Crippen LogP contribution in [0.5, 0.6) is 0 Å². The number of rotatable bonds is 4. The number of nitrogens with zero attached hydrogens (tertiary/aromatic N) is 1. The van der Waals surface area contributed by atoms with Crippen molar-refractivity contribution < 1.29 is 0 Å². The lowest BCUT2D eigenvalue weighted by molar-refractivity contribution is 0.679. The number of anilines is 1. The molecule has 0 spiro atoms. The standard InChI is InChI=1S/C12H17N3O/c16-12-11(14-8-9-15-12)13-7-6-10-4-2-1-3-5-10/h4,8-9H,1-3,5-7H2,(H,13,14)(H,15,16). The van der Waals surface area contributed by atoms with E-state index in [2.05, 4.69) is 21.4 Å². The molecule has 0 unspecified atom stereocenters. The Morgan fingerprint density at radius 2 is 2.38 bits per heavy atom. The van der Waals surface area contributed by atoms with E-state index in [1.807, 2.05) is 0 Å². The Bertz CT molecular complexity index is 422. The molecule has 1 aliphatic carbocycles. The van der Waals surface area contributed by atoms with Gasteiger partial charge in [0.15, 0.2) is 5.82 Å². The second-order valence-corrected chi connectivity index (χ2v) is 4.05. The SMILES string of the molecule is O=c1[nH]ccnc1NCCC1=CCCCC1. The topological polar surface area (TPSA) is 57.8 Å². The van der Waals surface area contributed by atoms with Gasteiger partial charge in [-0.1, -0.05) is 11.6 Å². The molecular weight excluding hydrogens is 202 g/mol. The molecule has 0 saturated heterocycles. The molecule has 0 fully saturated rings. The molecule has 1 aromatic heterocycles. The maximum atomic E-state index is 11.3. The fourth-order valence-electron chi connectivity index (χ4n) is 1.95. The Labute approximate surface area is 94.8 Å². The normalized spacial score (nSPS) is 15.6. The summed E-state index contributed by atoms with van der Waals surface area (Å²) in [6.07, 6.45) is 11.5. The van der Waals surface area contributed by atoms with Crippen molar-refractivity contribution in [1.29, 1.82) is 0 Å². The van der Waals surface area contributed by atoms with Gasteiger partial charge in [-0.25, -0.2) is 4.98 Å². The molecule has 86 valence electrons. The van der Waals surface area contributed by atoms with Gasteiger partial charge in [-0.15, -0.1) is 0 Å². The fraction of sp³-hybridized carbons (Fsp3) is 0.500. The molecule has 1 heterocycles. The van der Waals surface area contributed by atoms with Crippen molar-refractivity contribution >= 4 is 5.82 Å². The van der Waals surface area contributed by atoms with Crippen molar-refractivity contribution in [3.8, 4) is 0 Å². The molecule has 4 nitrogen and oxygen atoms in total. The van der Waals surface area contributed by atoms with Gasteiger partial charge in [0, 0.05) is 18.9 Å². The zero-order chi connectivity index (χ0) is 11.2. The van der Waals surface area contributed by atoms with Gasteiger partial charge in [0.2, 0.25) is 0 Å². The van der Waals surface area contributed by atoms with Crippen LogP contribution >= 0.6 is 0 Å². The molecule has 2 rings (SSSR count). The molecule has 4 heteroatoms. The Morgan fingerprint density at radius 3 is 3.12 bits per heavy atom. The molecule has 16 heavy (non-hydrogen) atoms.